The molecule has 0 unspecified atom stereocenters. The predicted octanol–water partition coefficient (Wildman–Crippen LogP) is 2.31. The number of hydrogen-bond acceptors (Lipinski definition) is 3. The smallest absolute Gasteiger partial charge is 0.150 e. The number of aryl methyl sites for hydroxylation is 1. The topological polar surface area (TPSA) is 57.9 Å². The lowest BCUT2D eigenvalue weighted by Gasteiger charge is -2.29. The second-order valence-electron chi connectivity index (χ2n) is 5.28. The molecule has 2 heterocycles. The number of anilines is 1. The molecule has 1 fully saturated rings. The molecule has 2 aromatic rings. The van der Waals surface area contributed by atoms with Crippen molar-refractivity contribution < 1.29 is 0 Å². The number of nitrogens with zero attached hydrogens (tertiary/aromatic N) is 2. The van der Waals surface area contributed by atoms with E-state index in [1.165, 1.54) is 11.1 Å². The Morgan fingerprint density at radius 1 is 1.26 bits per heavy atom. The molecule has 4 heteroatoms. The van der Waals surface area contributed by atoms with Gasteiger partial charge in [0.25, 0.3) is 0 Å². The highest BCUT2D eigenvalue weighted by Crippen LogP contribution is 2.25. The summed E-state index contributed by atoms with van der Waals surface area (Å²) in [6.45, 7) is 4.12. The number of rotatable bonds is 2. The summed E-state index contributed by atoms with van der Waals surface area (Å²) in [6.07, 6.45) is 2.10. The maximum Gasteiger partial charge on any atom is 0.150 e. The molecular weight excluding hydrogens is 236 g/mol. The zero-order valence-corrected chi connectivity index (χ0v) is 11.3. The Labute approximate surface area is 113 Å². The Kier molecular flexibility index (Phi) is 3.25. The Bertz CT molecular complexity index is 553. The first kappa shape index (κ1) is 12.2. The van der Waals surface area contributed by atoms with Crippen LogP contribution in [0, 0.1) is 6.92 Å². The summed E-state index contributed by atoms with van der Waals surface area (Å²) in [7, 11) is 0. The van der Waals surface area contributed by atoms with E-state index in [0.29, 0.717) is 6.04 Å². The fraction of sp³-hybridized carbons (Fsp3) is 0.400. The third-order valence-corrected chi connectivity index (χ3v) is 3.86. The van der Waals surface area contributed by atoms with E-state index in [1.54, 1.807) is 0 Å². The van der Waals surface area contributed by atoms with Crippen LogP contribution >= 0.6 is 0 Å². The normalized spacial score (nSPS) is 16.8. The van der Waals surface area contributed by atoms with Crippen molar-refractivity contribution in [1.29, 1.82) is 0 Å². The molecule has 1 aliphatic heterocycles. The lowest BCUT2D eigenvalue weighted by molar-refractivity contribution is 0.498. The second-order valence-corrected chi connectivity index (χ2v) is 5.28. The summed E-state index contributed by atoms with van der Waals surface area (Å²) in [5, 5.41) is 7.59. The van der Waals surface area contributed by atoms with Gasteiger partial charge in [0.15, 0.2) is 5.82 Å². The first-order chi connectivity index (χ1) is 9.24. The lowest BCUT2D eigenvalue weighted by Crippen LogP contribution is -2.39. The Balaban J connectivity index is 1.82. The monoisotopic (exact) mass is 256 g/mol. The van der Waals surface area contributed by atoms with Gasteiger partial charge in [-0.2, -0.15) is 5.10 Å². The molecule has 0 aliphatic carbocycles. The van der Waals surface area contributed by atoms with Crippen molar-refractivity contribution in [3.8, 4) is 11.3 Å². The van der Waals surface area contributed by atoms with E-state index in [4.69, 9.17) is 5.73 Å². The van der Waals surface area contributed by atoms with E-state index in [-0.39, 0.29) is 0 Å². The zero-order valence-electron chi connectivity index (χ0n) is 11.3. The van der Waals surface area contributed by atoms with Crippen molar-refractivity contribution in [2.24, 2.45) is 5.73 Å². The van der Waals surface area contributed by atoms with Gasteiger partial charge in [0.05, 0.1) is 5.69 Å². The Morgan fingerprint density at radius 3 is 2.74 bits per heavy atom. The number of piperidine rings is 1. The first-order valence-corrected chi connectivity index (χ1v) is 6.86. The molecule has 1 aliphatic rings. The summed E-state index contributed by atoms with van der Waals surface area (Å²) in [5.41, 5.74) is 9.50. The third kappa shape index (κ3) is 2.49. The molecule has 19 heavy (non-hydrogen) atoms. The average Bonchev–Trinajstić information content (AvgIpc) is 2.89. The van der Waals surface area contributed by atoms with Crippen LogP contribution in [0.4, 0.5) is 5.82 Å². The van der Waals surface area contributed by atoms with Crippen molar-refractivity contribution >= 4 is 5.82 Å². The molecule has 100 valence electrons. The molecule has 1 aromatic carbocycles. The number of hydrogen-bond donors (Lipinski definition) is 2. The molecule has 1 aromatic heterocycles. The van der Waals surface area contributed by atoms with Gasteiger partial charge < -0.3 is 10.6 Å². The van der Waals surface area contributed by atoms with Gasteiger partial charge in [-0.25, -0.2) is 0 Å². The minimum atomic E-state index is 0.353. The Morgan fingerprint density at radius 2 is 2.00 bits per heavy atom. The fourth-order valence-corrected chi connectivity index (χ4v) is 2.61. The molecule has 1 saturated heterocycles. The van der Waals surface area contributed by atoms with Crippen LogP contribution in [0.25, 0.3) is 11.3 Å². The summed E-state index contributed by atoms with van der Waals surface area (Å²) in [5.74, 6) is 1.03. The molecule has 3 rings (SSSR count). The van der Waals surface area contributed by atoms with Gasteiger partial charge in [-0.3, -0.25) is 5.10 Å². The number of aromatic amines is 1. The lowest BCUT2D eigenvalue weighted by atomic mass is 10.1. The van der Waals surface area contributed by atoms with Gasteiger partial charge in [-0.1, -0.05) is 24.3 Å². The number of benzene rings is 1. The van der Waals surface area contributed by atoms with Crippen LogP contribution in [0.1, 0.15) is 18.4 Å². The van der Waals surface area contributed by atoms with Gasteiger partial charge in [-0.05, 0) is 25.3 Å². The van der Waals surface area contributed by atoms with Crippen LogP contribution in [-0.2, 0) is 0 Å². The highest BCUT2D eigenvalue weighted by atomic mass is 15.3. The Hall–Kier alpha value is -1.81. The van der Waals surface area contributed by atoms with Crippen LogP contribution in [0.5, 0.6) is 0 Å². The van der Waals surface area contributed by atoms with E-state index >= 15 is 0 Å². The fourth-order valence-electron chi connectivity index (χ4n) is 2.61. The molecule has 4 nitrogen and oxygen atoms in total. The maximum absolute atomic E-state index is 5.94. The second kappa shape index (κ2) is 5.05. The highest BCUT2D eigenvalue weighted by Gasteiger charge is 2.18. The zero-order chi connectivity index (χ0) is 13.2. The van der Waals surface area contributed by atoms with Gasteiger partial charge in [0.2, 0.25) is 0 Å². The summed E-state index contributed by atoms with van der Waals surface area (Å²) in [4.78, 5) is 2.31. The van der Waals surface area contributed by atoms with Crippen LogP contribution in [0.3, 0.4) is 0 Å². The van der Waals surface area contributed by atoms with Crippen molar-refractivity contribution in [3.63, 3.8) is 0 Å². The maximum atomic E-state index is 5.94. The van der Waals surface area contributed by atoms with Crippen molar-refractivity contribution in [2.75, 3.05) is 18.0 Å². The number of aromatic nitrogens is 2. The minimum absolute atomic E-state index is 0.353. The summed E-state index contributed by atoms with van der Waals surface area (Å²) >= 11 is 0. The van der Waals surface area contributed by atoms with E-state index in [2.05, 4.69) is 52.4 Å². The molecule has 0 spiro atoms. The van der Waals surface area contributed by atoms with Crippen LogP contribution in [0.2, 0.25) is 0 Å². The molecular formula is C15H20N4. The van der Waals surface area contributed by atoms with E-state index in [9.17, 15) is 0 Å². The molecule has 0 bridgehead atoms. The summed E-state index contributed by atoms with van der Waals surface area (Å²) in [6, 6.07) is 10.9. The largest absolute Gasteiger partial charge is 0.355 e. The van der Waals surface area contributed by atoms with E-state index < -0.39 is 0 Å². The average molecular weight is 256 g/mol. The van der Waals surface area contributed by atoms with E-state index in [1.807, 2.05) is 0 Å². The summed E-state index contributed by atoms with van der Waals surface area (Å²) < 4.78 is 0. The van der Waals surface area contributed by atoms with Gasteiger partial charge in [-0.15, -0.1) is 0 Å². The molecule has 0 saturated carbocycles. The van der Waals surface area contributed by atoms with Crippen molar-refractivity contribution in [1.82, 2.24) is 10.2 Å². The number of H-pyrrole nitrogens is 1. The molecule has 0 radical (unpaired) electrons. The SMILES string of the molecule is Cc1ccccc1-c1cc(N2CCC(N)CC2)n[nH]1. The van der Waals surface area contributed by atoms with Crippen molar-refractivity contribution in [2.45, 2.75) is 25.8 Å². The van der Waals surface area contributed by atoms with Gasteiger partial charge >= 0.3 is 0 Å². The van der Waals surface area contributed by atoms with Crippen LogP contribution < -0.4 is 10.6 Å². The highest BCUT2D eigenvalue weighted by molar-refractivity contribution is 5.66. The molecule has 0 atom stereocenters. The van der Waals surface area contributed by atoms with Crippen molar-refractivity contribution in [3.05, 3.63) is 35.9 Å². The quantitative estimate of drug-likeness (QED) is 0.867. The van der Waals surface area contributed by atoms with Gasteiger partial charge in [0, 0.05) is 30.8 Å². The number of nitrogens with one attached hydrogen (secondary N) is 1. The molecule has 0 amide bonds. The standard InChI is InChI=1S/C15H20N4/c1-11-4-2-3-5-13(11)14-10-15(18-17-14)19-8-6-12(16)7-9-19/h2-5,10,12H,6-9,16H2,1H3,(H,17,18). The van der Waals surface area contributed by atoms with E-state index in [0.717, 1.165) is 37.4 Å². The minimum Gasteiger partial charge on any atom is -0.355 e. The predicted molar refractivity (Wildman–Crippen MR) is 78.2 cm³/mol. The number of nitrogens with two attached hydrogens (primary N) is 1. The first-order valence-electron chi connectivity index (χ1n) is 6.86. The van der Waals surface area contributed by atoms with Gasteiger partial charge in [0.1, 0.15) is 0 Å². The van der Waals surface area contributed by atoms with Crippen LogP contribution in [0.15, 0.2) is 30.3 Å². The third-order valence-electron chi connectivity index (χ3n) is 3.86. The van der Waals surface area contributed by atoms with Crippen LogP contribution in [-0.4, -0.2) is 29.3 Å². The molecule has 3 N–H and O–H groups in total.